The van der Waals surface area contributed by atoms with Gasteiger partial charge in [0, 0.05) is 17.8 Å². The van der Waals surface area contributed by atoms with E-state index in [1.807, 2.05) is 0 Å². The van der Waals surface area contributed by atoms with Gasteiger partial charge in [0.05, 0.1) is 0 Å². The van der Waals surface area contributed by atoms with E-state index in [9.17, 15) is 0 Å². The first-order valence-corrected chi connectivity index (χ1v) is 6.39. The van der Waals surface area contributed by atoms with Crippen LogP contribution in [-0.2, 0) is 6.42 Å². The maximum absolute atomic E-state index is 5.61. The minimum absolute atomic E-state index is 0.0603. The lowest BCUT2D eigenvalue weighted by molar-refractivity contribution is 0.397. The Balaban J connectivity index is 2.69. The van der Waals surface area contributed by atoms with Crippen LogP contribution < -0.4 is 5.32 Å². The molecule has 1 N–H and O–H groups in total. The van der Waals surface area contributed by atoms with Crippen molar-refractivity contribution in [1.82, 2.24) is 10.2 Å². The highest BCUT2D eigenvalue weighted by Gasteiger charge is 2.25. The average Bonchev–Trinajstić information content (AvgIpc) is 2.74. The summed E-state index contributed by atoms with van der Waals surface area (Å²) in [5, 5.41) is 11.2. The summed E-state index contributed by atoms with van der Waals surface area (Å²) in [6.45, 7) is 6.49. The molecular formula is C11H20ClN3O. The summed E-state index contributed by atoms with van der Waals surface area (Å²) in [7, 11) is 0. The Kier molecular flexibility index (Phi) is 5.06. The van der Waals surface area contributed by atoms with Crippen molar-refractivity contribution in [2.45, 2.75) is 52.0 Å². The topological polar surface area (TPSA) is 51.0 Å². The van der Waals surface area contributed by atoms with Crippen molar-refractivity contribution >= 4 is 17.6 Å². The lowest BCUT2D eigenvalue weighted by Gasteiger charge is -2.30. The van der Waals surface area contributed by atoms with E-state index in [0.717, 1.165) is 19.3 Å². The molecule has 0 aliphatic rings. The van der Waals surface area contributed by atoms with Crippen molar-refractivity contribution in [3.63, 3.8) is 0 Å². The second kappa shape index (κ2) is 6.09. The monoisotopic (exact) mass is 245 g/mol. The van der Waals surface area contributed by atoms with Crippen LogP contribution in [0.1, 0.15) is 45.9 Å². The summed E-state index contributed by atoms with van der Waals surface area (Å²) >= 11 is 5.61. The maximum Gasteiger partial charge on any atom is 0.315 e. The van der Waals surface area contributed by atoms with E-state index in [1.54, 1.807) is 0 Å². The molecule has 0 aromatic carbocycles. The molecule has 0 fully saturated rings. The molecule has 4 nitrogen and oxygen atoms in total. The molecule has 16 heavy (non-hydrogen) atoms. The number of rotatable bonds is 7. The number of nitrogens with zero attached hydrogens (tertiary/aromatic N) is 2. The molecule has 1 heterocycles. The molecule has 1 aromatic rings. The van der Waals surface area contributed by atoms with E-state index < -0.39 is 0 Å². The number of nitrogens with one attached hydrogen (secondary N) is 1. The predicted molar refractivity (Wildman–Crippen MR) is 65.9 cm³/mol. The Morgan fingerprint density at radius 1 is 1.19 bits per heavy atom. The van der Waals surface area contributed by atoms with Gasteiger partial charge in [-0.2, -0.15) is 0 Å². The van der Waals surface area contributed by atoms with Gasteiger partial charge in [0.1, 0.15) is 0 Å². The average molecular weight is 246 g/mol. The zero-order valence-electron chi connectivity index (χ0n) is 10.2. The quantitative estimate of drug-likeness (QED) is 0.750. The van der Waals surface area contributed by atoms with Crippen LogP contribution in [-0.4, -0.2) is 21.6 Å². The molecule has 92 valence electrons. The molecule has 0 aliphatic heterocycles. The van der Waals surface area contributed by atoms with Gasteiger partial charge in [0.25, 0.3) is 0 Å². The van der Waals surface area contributed by atoms with Crippen LogP contribution in [0.15, 0.2) is 4.42 Å². The fourth-order valence-electron chi connectivity index (χ4n) is 1.73. The van der Waals surface area contributed by atoms with E-state index in [0.29, 0.717) is 24.2 Å². The fourth-order valence-corrected chi connectivity index (χ4v) is 1.89. The third kappa shape index (κ3) is 3.11. The summed E-state index contributed by atoms with van der Waals surface area (Å²) in [5.41, 5.74) is 0.0603. The van der Waals surface area contributed by atoms with Crippen molar-refractivity contribution < 1.29 is 4.42 Å². The largest absolute Gasteiger partial charge is 0.408 e. The fraction of sp³-hybridized carbons (Fsp3) is 0.818. The first kappa shape index (κ1) is 13.3. The minimum atomic E-state index is 0.0603. The van der Waals surface area contributed by atoms with E-state index in [2.05, 4.69) is 36.3 Å². The third-order valence-corrected chi connectivity index (χ3v) is 3.37. The molecule has 0 amide bonds. The number of hydrogen-bond donors (Lipinski definition) is 1. The molecule has 1 rings (SSSR count). The summed E-state index contributed by atoms with van der Waals surface area (Å²) in [4.78, 5) is 0. The minimum Gasteiger partial charge on any atom is -0.408 e. The number of anilines is 1. The molecule has 0 saturated heterocycles. The van der Waals surface area contributed by atoms with Gasteiger partial charge in [-0.1, -0.05) is 25.9 Å². The zero-order valence-corrected chi connectivity index (χ0v) is 11.0. The summed E-state index contributed by atoms with van der Waals surface area (Å²) in [6.07, 6.45) is 3.72. The summed E-state index contributed by atoms with van der Waals surface area (Å²) in [6, 6.07) is 0.505. The third-order valence-electron chi connectivity index (χ3n) is 3.18. The molecule has 1 aromatic heterocycles. The first-order chi connectivity index (χ1) is 7.69. The first-order valence-electron chi connectivity index (χ1n) is 5.86. The van der Waals surface area contributed by atoms with Crippen molar-refractivity contribution in [2.75, 3.05) is 11.2 Å². The second-order valence-electron chi connectivity index (χ2n) is 3.91. The van der Waals surface area contributed by atoms with E-state index in [-0.39, 0.29) is 5.54 Å². The van der Waals surface area contributed by atoms with Gasteiger partial charge in [-0.3, -0.25) is 0 Å². The Bertz CT molecular complexity index is 302. The molecule has 0 spiro atoms. The maximum atomic E-state index is 5.61. The summed E-state index contributed by atoms with van der Waals surface area (Å²) < 4.78 is 5.47. The molecular weight excluding hydrogens is 226 g/mol. The van der Waals surface area contributed by atoms with Gasteiger partial charge in [-0.15, -0.1) is 16.7 Å². The summed E-state index contributed by atoms with van der Waals surface area (Å²) in [5.74, 6) is 1.09. The van der Waals surface area contributed by atoms with Crippen molar-refractivity contribution in [3.8, 4) is 0 Å². The highest BCUT2D eigenvalue weighted by atomic mass is 35.5. The number of aryl methyl sites for hydroxylation is 1. The van der Waals surface area contributed by atoms with E-state index in [1.165, 1.54) is 0 Å². The Morgan fingerprint density at radius 2 is 1.81 bits per heavy atom. The number of hydrogen-bond acceptors (Lipinski definition) is 4. The van der Waals surface area contributed by atoms with Crippen LogP contribution in [0, 0.1) is 0 Å². The number of halogens is 1. The molecule has 0 unspecified atom stereocenters. The van der Waals surface area contributed by atoms with Crippen LogP contribution >= 0.6 is 11.6 Å². The Hall–Kier alpha value is -0.770. The normalized spacial score (nSPS) is 11.8. The number of alkyl halides is 1. The lowest BCUT2D eigenvalue weighted by atomic mass is 9.90. The van der Waals surface area contributed by atoms with Gasteiger partial charge >= 0.3 is 6.01 Å². The van der Waals surface area contributed by atoms with Gasteiger partial charge in [0.15, 0.2) is 0 Å². The molecule has 0 radical (unpaired) electrons. The Labute approximate surface area is 102 Å². The molecule has 0 bridgehead atoms. The van der Waals surface area contributed by atoms with Gasteiger partial charge in [0.2, 0.25) is 5.89 Å². The van der Waals surface area contributed by atoms with E-state index in [4.69, 9.17) is 16.0 Å². The lowest BCUT2D eigenvalue weighted by Crippen LogP contribution is -2.36. The predicted octanol–water partition coefficient (Wildman–Crippen LogP) is 3.23. The molecule has 0 aliphatic carbocycles. The Morgan fingerprint density at radius 3 is 2.31 bits per heavy atom. The molecule has 0 saturated carbocycles. The van der Waals surface area contributed by atoms with Crippen LogP contribution in [0.5, 0.6) is 0 Å². The van der Waals surface area contributed by atoms with Crippen LogP contribution in [0.3, 0.4) is 0 Å². The number of aromatic nitrogens is 2. The van der Waals surface area contributed by atoms with E-state index >= 15 is 0 Å². The van der Waals surface area contributed by atoms with Crippen LogP contribution in [0.25, 0.3) is 0 Å². The van der Waals surface area contributed by atoms with Crippen LogP contribution in [0.2, 0.25) is 0 Å². The SMILES string of the molecule is CCC(CC)(CC)Nc1nnc(CCCl)o1. The van der Waals surface area contributed by atoms with Crippen LogP contribution in [0.4, 0.5) is 6.01 Å². The highest BCUT2D eigenvalue weighted by molar-refractivity contribution is 6.17. The van der Waals surface area contributed by atoms with Crippen molar-refractivity contribution in [1.29, 1.82) is 0 Å². The molecule has 5 heteroatoms. The second-order valence-corrected chi connectivity index (χ2v) is 4.28. The van der Waals surface area contributed by atoms with Gasteiger partial charge in [-0.25, -0.2) is 0 Å². The smallest absolute Gasteiger partial charge is 0.315 e. The van der Waals surface area contributed by atoms with Gasteiger partial charge < -0.3 is 9.73 Å². The standard InChI is InChI=1S/C11H20ClN3O/c1-4-11(5-2,6-3)13-10-15-14-9(16-10)7-8-12/h4-8H2,1-3H3,(H,13,15). The highest BCUT2D eigenvalue weighted by Crippen LogP contribution is 2.24. The zero-order chi connectivity index (χ0) is 12.0. The van der Waals surface area contributed by atoms with Crippen molar-refractivity contribution in [3.05, 3.63) is 5.89 Å². The molecule has 0 atom stereocenters. The van der Waals surface area contributed by atoms with Crippen molar-refractivity contribution in [2.24, 2.45) is 0 Å². The van der Waals surface area contributed by atoms with Gasteiger partial charge in [-0.05, 0) is 19.3 Å².